The molecule has 0 aromatic rings. The van der Waals surface area contributed by atoms with Gasteiger partial charge in [-0.1, -0.05) is 33.6 Å². The third-order valence-corrected chi connectivity index (χ3v) is 10.2. The Bertz CT molecular complexity index is 544. The van der Waals surface area contributed by atoms with Crippen molar-refractivity contribution in [3.63, 3.8) is 0 Å². The van der Waals surface area contributed by atoms with E-state index in [1.165, 1.54) is 64.2 Å². The van der Waals surface area contributed by atoms with E-state index in [1.54, 1.807) is 0 Å². The molecule has 4 fully saturated rings. The molecule has 0 aromatic carbocycles. The van der Waals surface area contributed by atoms with Crippen LogP contribution in [-0.4, -0.2) is 5.91 Å². The van der Waals surface area contributed by atoms with Crippen LogP contribution in [0.15, 0.2) is 0 Å². The Morgan fingerprint density at radius 3 is 2.50 bits per heavy atom. The summed E-state index contributed by atoms with van der Waals surface area (Å²) in [5.74, 6) is 5.29. The Kier molecular flexibility index (Phi) is 4.93. The van der Waals surface area contributed by atoms with E-state index in [0.29, 0.717) is 23.2 Å². The minimum atomic E-state index is -0.121. The Labute approximate surface area is 161 Å². The van der Waals surface area contributed by atoms with Gasteiger partial charge in [0.05, 0.1) is 0 Å². The van der Waals surface area contributed by atoms with Crippen LogP contribution in [0.1, 0.15) is 97.8 Å². The summed E-state index contributed by atoms with van der Waals surface area (Å²) in [6.07, 6.45) is 16.3. The van der Waals surface area contributed by atoms with Gasteiger partial charge in [0.2, 0.25) is 5.91 Å². The van der Waals surface area contributed by atoms with Crippen LogP contribution in [0.4, 0.5) is 0 Å². The normalized spacial score (nSPS) is 49.0. The molecule has 4 saturated carbocycles. The molecule has 148 valence electrons. The molecule has 0 spiro atoms. The quantitative estimate of drug-likeness (QED) is 0.663. The zero-order chi connectivity index (χ0) is 18.5. The molecule has 0 radical (unpaired) electrons. The smallest absolute Gasteiger partial charge is 0.217 e. The van der Waals surface area contributed by atoms with Crippen molar-refractivity contribution >= 4 is 5.91 Å². The van der Waals surface area contributed by atoms with E-state index in [4.69, 9.17) is 5.73 Å². The number of amides is 1. The van der Waals surface area contributed by atoms with Crippen molar-refractivity contribution in [2.24, 2.45) is 52.1 Å². The Morgan fingerprint density at radius 1 is 0.962 bits per heavy atom. The third-order valence-electron chi connectivity index (χ3n) is 10.2. The van der Waals surface area contributed by atoms with Crippen LogP contribution in [-0.2, 0) is 4.79 Å². The number of carbonyl (C=O) groups excluding carboxylic acids is 1. The second-order valence-electron chi connectivity index (χ2n) is 11.1. The minimum absolute atomic E-state index is 0.121. The van der Waals surface area contributed by atoms with Gasteiger partial charge < -0.3 is 5.73 Å². The molecule has 0 bridgehead atoms. The fourth-order valence-corrected chi connectivity index (χ4v) is 8.84. The van der Waals surface area contributed by atoms with Crippen LogP contribution in [0, 0.1) is 46.3 Å². The molecule has 8 atom stereocenters. The Balaban J connectivity index is 1.52. The predicted octanol–water partition coefficient (Wildman–Crippen LogP) is 5.94. The molecule has 2 N–H and O–H groups in total. The fraction of sp³-hybridized carbons (Fsp3) is 0.958. The molecular weight excluding hydrogens is 318 g/mol. The van der Waals surface area contributed by atoms with E-state index in [-0.39, 0.29) is 5.91 Å². The molecule has 1 amide bonds. The number of primary amides is 1. The number of carbonyl (C=O) groups is 1. The van der Waals surface area contributed by atoms with Gasteiger partial charge in [-0.3, -0.25) is 4.79 Å². The van der Waals surface area contributed by atoms with Gasteiger partial charge in [0.15, 0.2) is 0 Å². The highest BCUT2D eigenvalue weighted by Gasteiger charge is 2.60. The summed E-state index contributed by atoms with van der Waals surface area (Å²) < 4.78 is 0. The summed E-state index contributed by atoms with van der Waals surface area (Å²) in [5.41, 5.74) is 6.60. The van der Waals surface area contributed by atoms with E-state index in [1.807, 2.05) is 0 Å². The van der Waals surface area contributed by atoms with Crippen LogP contribution in [0.3, 0.4) is 0 Å². The standard InChI is InChI=1S/C24H41NO/c1-16(7-12-22(25)26)19-10-11-20-18-9-8-17-6-4-5-14-23(17,2)21(18)13-15-24(19,20)3/h16-21H,4-15H2,1-3H3,(H2,25,26)/t16-,17?,18?,19?,20?,21?,23+,24-/m1/s1. The van der Waals surface area contributed by atoms with E-state index < -0.39 is 0 Å². The van der Waals surface area contributed by atoms with Crippen molar-refractivity contribution in [2.75, 3.05) is 0 Å². The lowest BCUT2D eigenvalue weighted by atomic mass is 9.44. The zero-order valence-corrected chi connectivity index (χ0v) is 17.4. The molecule has 2 nitrogen and oxygen atoms in total. The van der Waals surface area contributed by atoms with Gasteiger partial charge in [0, 0.05) is 6.42 Å². The molecule has 2 heteroatoms. The SMILES string of the molecule is C[C@H](CCC(N)=O)C1CCC2C3CCC4CCCC[C@]4(C)C3CC[C@@]21C. The summed E-state index contributed by atoms with van der Waals surface area (Å²) in [7, 11) is 0. The summed E-state index contributed by atoms with van der Waals surface area (Å²) in [4.78, 5) is 11.3. The molecule has 0 aliphatic heterocycles. The fourth-order valence-electron chi connectivity index (χ4n) is 8.84. The highest BCUT2D eigenvalue weighted by molar-refractivity contribution is 5.73. The van der Waals surface area contributed by atoms with E-state index in [0.717, 1.165) is 36.0 Å². The van der Waals surface area contributed by atoms with Crippen molar-refractivity contribution in [1.82, 2.24) is 0 Å². The van der Waals surface area contributed by atoms with Crippen molar-refractivity contribution in [3.05, 3.63) is 0 Å². The van der Waals surface area contributed by atoms with Crippen LogP contribution >= 0.6 is 0 Å². The van der Waals surface area contributed by atoms with Crippen LogP contribution in [0.25, 0.3) is 0 Å². The lowest BCUT2D eigenvalue weighted by Crippen LogP contribution is -2.53. The average Bonchev–Trinajstić information content (AvgIpc) is 2.96. The number of nitrogens with two attached hydrogens (primary N) is 1. The molecule has 0 aromatic heterocycles. The van der Waals surface area contributed by atoms with Crippen molar-refractivity contribution < 1.29 is 4.79 Å². The molecule has 0 saturated heterocycles. The van der Waals surface area contributed by atoms with Crippen LogP contribution < -0.4 is 5.73 Å². The number of rotatable bonds is 4. The lowest BCUT2D eigenvalue weighted by molar-refractivity contribution is -0.119. The van der Waals surface area contributed by atoms with Gasteiger partial charge in [-0.25, -0.2) is 0 Å². The molecule has 0 heterocycles. The van der Waals surface area contributed by atoms with Gasteiger partial charge in [-0.05, 0) is 104 Å². The average molecular weight is 360 g/mol. The van der Waals surface area contributed by atoms with E-state index in [9.17, 15) is 4.79 Å². The van der Waals surface area contributed by atoms with Gasteiger partial charge in [-0.15, -0.1) is 0 Å². The van der Waals surface area contributed by atoms with E-state index in [2.05, 4.69) is 20.8 Å². The van der Waals surface area contributed by atoms with Crippen molar-refractivity contribution in [2.45, 2.75) is 97.8 Å². The highest BCUT2D eigenvalue weighted by Crippen LogP contribution is 2.68. The highest BCUT2D eigenvalue weighted by atomic mass is 16.1. The van der Waals surface area contributed by atoms with Gasteiger partial charge in [0.25, 0.3) is 0 Å². The summed E-state index contributed by atoms with van der Waals surface area (Å²) in [6, 6.07) is 0. The first-order chi connectivity index (χ1) is 12.4. The molecular formula is C24H41NO. The van der Waals surface area contributed by atoms with Crippen LogP contribution in [0.2, 0.25) is 0 Å². The first-order valence-electron chi connectivity index (χ1n) is 11.6. The second kappa shape index (κ2) is 6.82. The molecule has 4 rings (SSSR count). The molecule has 5 unspecified atom stereocenters. The first-order valence-corrected chi connectivity index (χ1v) is 11.6. The van der Waals surface area contributed by atoms with Crippen molar-refractivity contribution in [1.29, 1.82) is 0 Å². The maximum absolute atomic E-state index is 11.3. The number of fused-ring (bicyclic) bond motifs is 5. The topological polar surface area (TPSA) is 43.1 Å². The molecule has 4 aliphatic carbocycles. The lowest BCUT2D eigenvalue weighted by Gasteiger charge is -2.61. The minimum Gasteiger partial charge on any atom is -0.370 e. The first kappa shape index (κ1) is 18.8. The van der Waals surface area contributed by atoms with Crippen molar-refractivity contribution in [3.8, 4) is 0 Å². The largest absolute Gasteiger partial charge is 0.370 e. The Hall–Kier alpha value is -0.530. The second-order valence-corrected chi connectivity index (χ2v) is 11.1. The number of hydrogen-bond donors (Lipinski definition) is 1. The summed E-state index contributed by atoms with van der Waals surface area (Å²) in [5, 5.41) is 0. The number of hydrogen-bond acceptors (Lipinski definition) is 1. The van der Waals surface area contributed by atoms with Crippen LogP contribution in [0.5, 0.6) is 0 Å². The predicted molar refractivity (Wildman–Crippen MR) is 107 cm³/mol. The Morgan fingerprint density at radius 2 is 1.73 bits per heavy atom. The maximum atomic E-state index is 11.3. The van der Waals surface area contributed by atoms with Gasteiger partial charge in [0.1, 0.15) is 0 Å². The summed E-state index contributed by atoms with van der Waals surface area (Å²) in [6.45, 7) is 7.70. The third kappa shape index (κ3) is 2.85. The van der Waals surface area contributed by atoms with E-state index >= 15 is 0 Å². The van der Waals surface area contributed by atoms with Gasteiger partial charge >= 0.3 is 0 Å². The monoisotopic (exact) mass is 359 g/mol. The molecule has 26 heavy (non-hydrogen) atoms. The molecule has 4 aliphatic rings. The summed E-state index contributed by atoms with van der Waals surface area (Å²) >= 11 is 0. The van der Waals surface area contributed by atoms with Gasteiger partial charge in [-0.2, -0.15) is 0 Å². The zero-order valence-electron chi connectivity index (χ0n) is 17.4. The maximum Gasteiger partial charge on any atom is 0.217 e.